The molecule has 0 saturated carbocycles. The standard InChI is InChI=1S/C19H15F3N2O4/c20-19(21,22)28-13-7-5-12(6-8-13)11-24-16(25)18(23-17(24)26)9-10-27-15-4-2-1-3-14(15)18/h1-8H,9-11H2,(H,23,26). The summed E-state index contributed by atoms with van der Waals surface area (Å²) in [5, 5.41) is 2.77. The Balaban J connectivity index is 1.56. The third-order valence-corrected chi connectivity index (χ3v) is 4.75. The highest BCUT2D eigenvalue weighted by atomic mass is 19.4. The van der Waals surface area contributed by atoms with Gasteiger partial charge in [0.15, 0.2) is 5.54 Å². The van der Waals surface area contributed by atoms with E-state index in [4.69, 9.17) is 4.74 Å². The molecule has 1 spiro atoms. The van der Waals surface area contributed by atoms with Crippen LogP contribution in [-0.2, 0) is 16.9 Å². The van der Waals surface area contributed by atoms with Crippen molar-refractivity contribution in [3.63, 3.8) is 0 Å². The van der Waals surface area contributed by atoms with Crippen LogP contribution in [0.3, 0.4) is 0 Å². The van der Waals surface area contributed by atoms with Crippen LogP contribution in [0.15, 0.2) is 48.5 Å². The minimum atomic E-state index is -4.78. The molecular weight excluding hydrogens is 377 g/mol. The number of halogens is 3. The topological polar surface area (TPSA) is 67.9 Å². The molecule has 2 heterocycles. The first-order chi connectivity index (χ1) is 13.3. The molecule has 0 radical (unpaired) electrons. The average molecular weight is 392 g/mol. The quantitative estimate of drug-likeness (QED) is 0.814. The van der Waals surface area contributed by atoms with Gasteiger partial charge < -0.3 is 14.8 Å². The normalized spacial score (nSPS) is 21.3. The molecule has 2 aromatic carbocycles. The van der Waals surface area contributed by atoms with Gasteiger partial charge in [-0.1, -0.05) is 30.3 Å². The fourth-order valence-electron chi connectivity index (χ4n) is 3.49. The number of urea groups is 1. The summed E-state index contributed by atoms with van der Waals surface area (Å²) in [6.07, 6.45) is -4.49. The van der Waals surface area contributed by atoms with E-state index in [0.717, 1.165) is 17.0 Å². The summed E-state index contributed by atoms with van der Waals surface area (Å²) in [5.41, 5.74) is -0.0999. The number of hydrogen-bond acceptors (Lipinski definition) is 4. The molecule has 2 aliphatic rings. The van der Waals surface area contributed by atoms with Crippen molar-refractivity contribution in [1.29, 1.82) is 0 Å². The number of fused-ring (bicyclic) bond motifs is 2. The van der Waals surface area contributed by atoms with E-state index >= 15 is 0 Å². The van der Waals surface area contributed by atoms with Crippen LogP contribution in [-0.4, -0.2) is 29.8 Å². The second-order valence-electron chi connectivity index (χ2n) is 6.51. The molecule has 2 aliphatic heterocycles. The van der Waals surface area contributed by atoms with E-state index in [1.807, 2.05) is 0 Å². The summed E-state index contributed by atoms with van der Waals surface area (Å²) in [4.78, 5) is 26.7. The third kappa shape index (κ3) is 3.12. The van der Waals surface area contributed by atoms with Crippen LogP contribution in [0.1, 0.15) is 17.5 Å². The van der Waals surface area contributed by atoms with Gasteiger partial charge >= 0.3 is 12.4 Å². The molecular formula is C19H15F3N2O4. The molecule has 2 aromatic rings. The highest BCUT2D eigenvalue weighted by molar-refractivity contribution is 6.07. The zero-order valence-corrected chi connectivity index (χ0v) is 14.5. The number of alkyl halides is 3. The van der Waals surface area contributed by atoms with E-state index in [1.165, 1.54) is 12.1 Å². The van der Waals surface area contributed by atoms with Crippen molar-refractivity contribution in [1.82, 2.24) is 10.2 Å². The van der Waals surface area contributed by atoms with Gasteiger partial charge in [-0.25, -0.2) is 4.79 Å². The lowest BCUT2D eigenvalue weighted by molar-refractivity contribution is -0.274. The summed E-state index contributed by atoms with van der Waals surface area (Å²) in [7, 11) is 0. The van der Waals surface area contributed by atoms with E-state index < -0.39 is 23.8 Å². The minimum absolute atomic E-state index is 0.0677. The molecule has 0 aromatic heterocycles. The predicted octanol–water partition coefficient (Wildman–Crippen LogP) is 3.32. The smallest absolute Gasteiger partial charge is 0.493 e. The van der Waals surface area contributed by atoms with Crippen LogP contribution in [0, 0.1) is 0 Å². The van der Waals surface area contributed by atoms with Crippen molar-refractivity contribution in [2.24, 2.45) is 0 Å². The van der Waals surface area contributed by atoms with Gasteiger partial charge in [0.05, 0.1) is 13.2 Å². The van der Waals surface area contributed by atoms with Gasteiger partial charge in [0.25, 0.3) is 5.91 Å². The van der Waals surface area contributed by atoms with Crippen LogP contribution in [0.4, 0.5) is 18.0 Å². The molecule has 1 unspecified atom stereocenters. The molecule has 1 saturated heterocycles. The maximum absolute atomic E-state index is 13.1. The lowest BCUT2D eigenvalue weighted by Crippen LogP contribution is -2.47. The van der Waals surface area contributed by atoms with Crippen molar-refractivity contribution in [2.75, 3.05) is 6.61 Å². The van der Waals surface area contributed by atoms with Crippen molar-refractivity contribution in [3.05, 3.63) is 59.7 Å². The van der Waals surface area contributed by atoms with E-state index in [-0.39, 0.29) is 18.9 Å². The van der Waals surface area contributed by atoms with Gasteiger partial charge in [0, 0.05) is 12.0 Å². The Labute approximate surface area is 157 Å². The monoisotopic (exact) mass is 392 g/mol. The number of hydrogen-bond donors (Lipinski definition) is 1. The Morgan fingerprint density at radius 1 is 1.11 bits per heavy atom. The molecule has 6 nitrogen and oxygen atoms in total. The van der Waals surface area contributed by atoms with Gasteiger partial charge in [-0.15, -0.1) is 13.2 Å². The number of nitrogens with one attached hydrogen (secondary N) is 1. The van der Waals surface area contributed by atoms with Crippen LogP contribution >= 0.6 is 0 Å². The Hall–Kier alpha value is -3.23. The Morgan fingerprint density at radius 2 is 1.82 bits per heavy atom. The highest BCUT2D eigenvalue weighted by Gasteiger charge is 2.54. The second-order valence-corrected chi connectivity index (χ2v) is 6.51. The van der Waals surface area contributed by atoms with Gasteiger partial charge in [0.2, 0.25) is 0 Å². The number of imide groups is 1. The molecule has 3 amide bonds. The predicted molar refractivity (Wildman–Crippen MR) is 90.4 cm³/mol. The number of rotatable bonds is 3. The van der Waals surface area contributed by atoms with Crippen molar-refractivity contribution in [3.8, 4) is 11.5 Å². The van der Waals surface area contributed by atoms with Crippen LogP contribution in [0.5, 0.6) is 11.5 Å². The minimum Gasteiger partial charge on any atom is -0.493 e. The Bertz CT molecular complexity index is 930. The molecule has 1 atom stereocenters. The zero-order valence-electron chi connectivity index (χ0n) is 14.5. The fraction of sp³-hybridized carbons (Fsp3) is 0.263. The zero-order chi connectivity index (χ0) is 19.9. The first-order valence-corrected chi connectivity index (χ1v) is 8.50. The Morgan fingerprint density at radius 3 is 2.54 bits per heavy atom. The highest BCUT2D eigenvalue weighted by Crippen LogP contribution is 2.41. The van der Waals surface area contributed by atoms with Crippen LogP contribution < -0.4 is 14.8 Å². The fourth-order valence-corrected chi connectivity index (χ4v) is 3.49. The first-order valence-electron chi connectivity index (χ1n) is 8.50. The molecule has 28 heavy (non-hydrogen) atoms. The largest absolute Gasteiger partial charge is 0.573 e. The number of carbonyl (C=O) groups excluding carboxylic acids is 2. The lowest BCUT2D eigenvalue weighted by atomic mass is 9.84. The lowest BCUT2D eigenvalue weighted by Gasteiger charge is -2.33. The van der Waals surface area contributed by atoms with Crippen molar-refractivity contribution < 1.29 is 32.2 Å². The number of carbonyl (C=O) groups is 2. The number of ether oxygens (including phenoxy) is 2. The summed E-state index contributed by atoms with van der Waals surface area (Å²) in [6, 6.07) is 11.5. The molecule has 1 fully saturated rings. The summed E-state index contributed by atoms with van der Waals surface area (Å²) in [6.45, 7) is 0.210. The number of benzene rings is 2. The van der Waals surface area contributed by atoms with Gasteiger partial charge in [-0.2, -0.15) is 0 Å². The van der Waals surface area contributed by atoms with Crippen molar-refractivity contribution >= 4 is 11.9 Å². The van der Waals surface area contributed by atoms with Crippen LogP contribution in [0.25, 0.3) is 0 Å². The summed E-state index contributed by atoms with van der Waals surface area (Å²) in [5.74, 6) is -0.245. The molecule has 9 heteroatoms. The van der Waals surface area contributed by atoms with E-state index in [1.54, 1.807) is 24.3 Å². The molecule has 1 N–H and O–H groups in total. The number of para-hydroxylation sites is 1. The van der Waals surface area contributed by atoms with E-state index in [0.29, 0.717) is 23.3 Å². The second kappa shape index (κ2) is 6.43. The summed E-state index contributed by atoms with van der Waals surface area (Å²) >= 11 is 0. The number of amides is 3. The SMILES string of the molecule is O=C1NC2(CCOc3ccccc32)C(=O)N1Cc1ccc(OC(F)(F)F)cc1. The molecule has 146 valence electrons. The maximum atomic E-state index is 13.1. The van der Waals surface area contributed by atoms with Crippen LogP contribution in [0.2, 0.25) is 0 Å². The molecule has 0 aliphatic carbocycles. The third-order valence-electron chi connectivity index (χ3n) is 4.75. The number of nitrogens with zero attached hydrogens (tertiary/aromatic N) is 1. The Kier molecular flexibility index (Phi) is 4.17. The van der Waals surface area contributed by atoms with Crippen molar-refractivity contribution in [2.45, 2.75) is 24.9 Å². The summed E-state index contributed by atoms with van der Waals surface area (Å²) < 4.78 is 46.2. The maximum Gasteiger partial charge on any atom is 0.573 e. The van der Waals surface area contributed by atoms with Gasteiger partial charge in [0.1, 0.15) is 11.5 Å². The average Bonchev–Trinajstić information content (AvgIpc) is 2.87. The van der Waals surface area contributed by atoms with E-state index in [2.05, 4.69) is 10.1 Å². The molecule has 0 bridgehead atoms. The van der Waals surface area contributed by atoms with Gasteiger partial charge in [-0.3, -0.25) is 9.69 Å². The van der Waals surface area contributed by atoms with E-state index in [9.17, 15) is 22.8 Å². The van der Waals surface area contributed by atoms with Gasteiger partial charge in [-0.05, 0) is 23.8 Å². The first kappa shape index (κ1) is 18.1. The molecule has 4 rings (SSSR count).